The summed E-state index contributed by atoms with van der Waals surface area (Å²) in [7, 11) is 0. The van der Waals surface area contributed by atoms with Crippen molar-refractivity contribution in [2.75, 3.05) is 0 Å². The fourth-order valence-electron chi connectivity index (χ4n) is 5.22. The molecule has 2 fully saturated rings. The molecule has 2 aliphatic carbocycles. The van der Waals surface area contributed by atoms with E-state index in [-0.39, 0.29) is 49.6 Å². The number of alkyl halides is 4. The summed E-state index contributed by atoms with van der Waals surface area (Å²) in [5, 5.41) is 17.5. The minimum Gasteiger partial charge on any atom is -0.349 e. The van der Waals surface area contributed by atoms with Gasteiger partial charge in [0.15, 0.2) is 11.3 Å². The first-order chi connectivity index (χ1) is 19.0. The second-order valence-electron chi connectivity index (χ2n) is 11.0. The van der Waals surface area contributed by atoms with Gasteiger partial charge in [-0.3, -0.25) is 9.59 Å². The second-order valence-corrected chi connectivity index (χ2v) is 11.0. The van der Waals surface area contributed by atoms with Crippen molar-refractivity contribution in [3.8, 4) is 0 Å². The number of fused-ring (bicyclic) bond motifs is 1. The van der Waals surface area contributed by atoms with Crippen LogP contribution in [0.1, 0.15) is 91.4 Å². The number of hydrogen-bond donors (Lipinski definition) is 2. The van der Waals surface area contributed by atoms with Crippen molar-refractivity contribution in [2.24, 2.45) is 17.8 Å². The molecular weight excluding hydrogens is 534 g/mol. The summed E-state index contributed by atoms with van der Waals surface area (Å²) in [4.78, 5) is 30.1. The summed E-state index contributed by atoms with van der Waals surface area (Å²) < 4.78 is 59.9. The highest BCUT2D eigenvalue weighted by Gasteiger charge is 2.40. The van der Waals surface area contributed by atoms with E-state index in [0.29, 0.717) is 22.6 Å². The van der Waals surface area contributed by atoms with Crippen LogP contribution in [0, 0.1) is 24.7 Å². The van der Waals surface area contributed by atoms with Gasteiger partial charge >= 0.3 is 0 Å². The monoisotopic (exact) mass is 565 g/mol. The van der Waals surface area contributed by atoms with E-state index in [4.69, 9.17) is 0 Å². The first-order valence-corrected chi connectivity index (χ1v) is 13.4. The molecule has 2 saturated carbocycles. The molecular formula is C26H31F4N7O3. The summed E-state index contributed by atoms with van der Waals surface area (Å²) in [6.45, 7) is 2.90. The molecule has 0 aromatic carbocycles. The van der Waals surface area contributed by atoms with Crippen LogP contribution < -0.4 is 10.6 Å². The fourth-order valence-corrected chi connectivity index (χ4v) is 5.22. The number of halogens is 4. The molecule has 1 unspecified atom stereocenters. The van der Waals surface area contributed by atoms with Crippen molar-refractivity contribution < 1.29 is 31.8 Å². The van der Waals surface area contributed by atoms with Gasteiger partial charge in [0.25, 0.3) is 5.91 Å². The van der Waals surface area contributed by atoms with Gasteiger partial charge in [0.1, 0.15) is 5.69 Å². The Morgan fingerprint density at radius 1 is 1.10 bits per heavy atom. The van der Waals surface area contributed by atoms with E-state index in [1.165, 1.54) is 11.4 Å². The number of carbonyl (C=O) groups is 2. The number of nitrogens with zero attached hydrogens (tertiary/aromatic N) is 5. The lowest BCUT2D eigenvalue weighted by atomic mass is 9.81. The normalized spacial score (nSPS) is 19.9. The maximum Gasteiger partial charge on any atom is 0.276 e. The van der Waals surface area contributed by atoms with Gasteiger partial charge in [-0.15, -0.1) is 0 Å². The highest BCUT2D eigenvalue weighted by molar-refractivity contribution is 5.93. The molecule has 0 saturated heterocycles. The lowest BCUT2D eigenvalue weighted by Gasteiger charge is -2.33. The first kappa shape index (κ1) is 28.0. The topological polar surface area (TPSA) is 127 Å². The fraction of sp³-hybridized carbons (Fsp3) is 0.615. The van der Waals surface area contributed by atoms with E-state index in [1.54, 1.807) is 25.4 Å². The molecule has 216 valence electrons. The number of amides is 2. The van der Waals surface area contributed by atoms with Gasteiger partial charge in [0.2, 0.25) is 18.3 Å². The van der Waals surface area contributed by atoms with Gasteiger partial charge in [0, 0.05) is 25.2 Å². The molecule has 0 bridgehead atoms. The van der Waals surface area contributed by atoms with Gasteiger partial charge in [-0.05, 0) is 61.2 Å². The average molecular weight is 566 g/mol. The Kier molecular flexibility index (Phi) is 7.78. The highest BCUT2D eigenvalue weighted by Crippen LogP contribution is 2.43. The maximum absolute atomic E-state index is 13.9. The third-order valence-corrected chi connectivity index (χ3v) is 7.77. The van der Waals surface area contributed by atoms with Gasteiger partial charge in [-0.25, -0.2) is 31.7 Å². The minimum absolute atomic E-state index is 0.000471. The van der Waals surface area contributed by atoms with Crippen LogP contribution in [0.3, 0.4) is 0 Å². The van der Waals surface area contributed by atoms with Gasteiger partial charge in [-0.1, -0.05) is 12.1 Å². The molecule has 2 amide bonds. The molecule has 14 heteroatoms. The molecule has 3 aromatic heterocycles. The summed E-state index contributed by atoms with van der Waals surface area (Å²) in [5.41, 5.74) is 1.86. The quantitative estimate of drug-likeness (QED) is 0.345. The minimum atomic E-state index is -2.75. The van der Waals surface area contributed by atoms with Gasteiger partial charge < -0.3 is 10.6 Å². The maximum atomic E-state index is 13.9. The first-order valence-electron chi connectivity index (χ1n) is 13.4. The average Bonchev–Trinajstić information content (AvgIpc) is 3.51. The number of rotatable bonds is 10. The third kappa shape index (κ3) is 6.25. The van der Waals surface area contributed by atoms with Crippen molar-refractivity contribution in [1.29, 1.82) is 0 Å². The molecule has 3 heterocycles. The molecule has 5 rings (SSSR count). The van der Waals surface area contributed by atoms with Crippen LogP contribution in [0.5, 0.6) is 0 Å². The number of aromatic nitrogens is 5. The van der Waals surface area contributed by atoms with E-state index in [2.05, 4.69) is 35.7 Å². The van der Waals surface area contributed by atoms with E-state index < -0.39 is 42.2 Å². The molecule has 0 radical (unpaired) electrons. The Balaban J connectivity index is 1.40. The lowest BCUT2D eigenvalue weighted by Crippen LogP contribution is -2.37. The summed E-state index contributed by atoms with van der Waals surface area (Å²) >= 11 is 0. The molecule has 2 N–H and O–H groups in total. The van der Waals surface area contributed by atoms with Crippen LogP contribution >= 0.6 is 0 Å². The van der Waals surface area contributed by atoms with E-state index >= 15 is 0 Å². The molecule has 3 atom stereocenters. The lowest BCUT2D eigenvalue weighted by molar-refractivity contribution is -0.124. The zero-order valence-corrected chi connectivity index (χ0v) is 22.1. The number of aryl methyl sites for hydroxylation is 1. The SMILES string of the molecule is Cc1nonc1C(=O)N[C@H](c1cn2ncc(C(NC(=O)C[C@@H](C)C(F)F)C3CC3)cc2n1)C1CCC(F)(F)CC1. The predicted molar refractivity (Wildman–Crippen MR) is 133 cm³/mol. The summed E-state index contributed by atoms with van der Waals surface area (Å²) in [6.07, 6.45) is 1.92. The van der Waals surface area contributed by atoms with Crippen molar-refractivity contribution >= 4 is 17.5 Å². The Labute approximate surface area is 227 Å². The molecule has 0 aliphatic heterocycles. The van der Waals surface area contributed by atoms with Crippen LogP contribution in [0.2, 0.25) is 0 Å². The largest absolute Gasteiger partial charge is 0.349 e. The smallest absolute Gasteiger partial charge is 0.276 e. The van der Waals surface area contributed by atoms with E-state index in [0.717, 1.165) is 12.8 Å². The molecule has 2 aliphatic rings. The Hall–Kier alpha value is -3.58. The number of carbonyl (C=O) groups excluding carboxylic acids is 2. The van der Waals surface area contributed by atoms with Crippen LogP contribution in [0.4, 0.5) is 17.6 Å². The predicted octanol–water partition coefficient (Wildman–Crippen LogP) is 4.58. The Morgan fingerprint density at radius 2 is 1.80 bits per heavy atom. The van der Waals surface area contributed by atoms with Crippen molar-refractivity contribution in [3.63, 3.8) is 0 Å². The molecule has 40 heavy (non-hydrogen) atoms. The van der Waals surface area contributed by atoms with Crippen LogP contribution in [0.15, 0.2) is 23.1 Å². The van der Waals surface area contributed by atoms with Crippen molar-refractivity contribution in [3.05, 3.63) is 41.1 Å². The number of nitrogens with one attached hydrogen (secondary N) is 2. The number of hydrogen-bond acceptors (Lipinski definition) is 7. The van der Waals surface area contributed by atoms with E-state index in [1.807, 2.05) is 0 Å². The van der Waals surface area contributed by atoms with Crippen LogP contribution in [0.25, 0.3) is 5.65 Å². The van der Waals surface area contributed by atoms with Crippen LogP contribution in [-0.4, -0.2) is 49.1 Å². The highest BCUT2D eigenvalue weighted by atomic mass is 19.3. The van der Waals surface area contributed by atoms with Crippen molar-refractivity contribution in [2.45, 2.75) is 83.2 Å². The van der Waals surface area contributed by atoms with Crippen LogP contribution in [-0.2, 0) is 4.79 Å². The molecule has 10 nitrogen and oxygen atoms in total. The standard InChI is InChI=1S/C26H31F4N7O3/c1-13(24(27)28)9-20(38)33-22(15-3-4-15)17-10-19-32-18(12-37(19)31-11-17)23(16-5-7-26(29,30)8-6-16)34-25(39)21-14(2)35-40-36-21/h10-13,15-16,22-24H,3-9H2,1-2H3,(H,33,38)(H,34,39)/t13-,22?,23+/m1/s1. The van der Waals surface area contributed by atoms with Gasteiger partial charge in [-0.2, -0.15) is 5.10 Å². The second kappa shape index (κ2) is 11.1. The summed E-state index contributed by atoms with van der Waals surface area (Å²) in [6, 6.07) is 0.670. The van der Waals surface area contributed by atoms with Gasteiger partial charge in [0.05, 0.1) is 30.2 Å². The Morgan fingerprint density at radius 3 is 2.42 bits per heavy atom. The molecule has 3 aromatic rings. The summed E-state index contributed by atoms with van der Waals surface area (Å²) in [5.74, 6) is -4.95. The van der Waals surface area contributed by atoms with E-state index in [9.17, 15) is 27.2 Å². The third-order valence-electron chi connectivity index (χ3n) is 7.77. The zero-order chi connectivity index (χ0) is 28.6. The molecule has 0 spiro atoms. The zero-order valence-electron chi connectivity index (χ0n) is 22.1. The number of imidazole rings is 1. The van der Waals surface area contributed by atoms with Crippen molar-refractivity contribution in [1.82, 2.24) is 35.5 Å². The Bertz CT molecular complexity index is 1360.